The number of hydrogen-bond donors (Lipinski definition) is 2. The number of likely N-dealkylation sites (tertiary alicyclic amines) is 1. The molecule has 0 aromatic heterocycles. The van der Waals surface area contributed by atoms with Crippen molar-refractivity contribution < 1.29 is 4.21 Å². The van der Waals surface area contributed by atoms with E-state index in [0.717, 1.165) is 62.7 Å². The van der Waals surface area contributed by atoms with Gasteiger partial charge in [0.05, 0.1) is 0 Å². The number of rotatable bonds is 8. The van der Waals surface area contributed by atoms with Gasteiger partial charge in [0, 0.05) is 55.0 Å². The van der Waals surface area contributed by atoms with Crippen LogP contribution in [0.2, 0.25) is 0 Å². The average molecular weight is 368 g/mol. The molecule has 0 spiro atoms. The Morgan fingerprint density at radius 2 is 1.96 bits per heavy atom. The third kappa shape index (κ3) is 7.73. The number of nitrogens with one attached hydrogen (secondary N) is 2. The molecule has 1 aliphatic heterocycles. The largest absolute Gasteiger partial charge is 0.363 e. The van der Waals surface area contributed by atoms with Gasteiger partial charge in [-0.25, -0.2) is 0 Å². The van der Waals surface area contributed by atoms with Gasteiger partial charge in [0.2, 0.25) is 0 Å². The van der Waals surface area contributed by atoms with Gasteiger partial charge in [-0.2, -0.15) is 0 Å². The molecule has 0 amide bonds. The zero-order valence-electron chi connectivity index (χ0n) is 14.5. The molecule has 6 heteroatoms. The van der Waals surface area contributed by atoms with Crippen LogP contribution in [0.25, 0.3) is 0 Å². The quantitative estimate of drug-likeness (QED) is 0.545. The average Bonchev–Trinajstić information content (AvgIpc) is 2.57. The summed E-state index contributed by atoms with van der Waals surface area (Å²) in [5, 5.41) is 7.46. The van der Waals surface area contributed by atoms with Crippen molar-refractivity contribution in [3.05, 3.63) is 35.9 Å². The molecular formula is C18H29N3OS2. The van der Waals surface area contributed by atoms with Crippen molar-refractivity contribution >= 4 is 28.1 Å². The third-order valence-corrected chi connectivity index (χ3v) is 5.44. The van der Waals surface area contributed by atoms with Crippen LogP contribution in [0.15, 0.2) is 30.3 Å². The first-order valence-electron chi connectivity index (χ1n) is 8.74. The molecule has 1 atom stereocenters. The standard InChI is InChI=1S/C18H29N3OS2/c1-24(22)14-6-5-11-19-18(23)20-17-9-12-21(13-10-17)15-16-7-3-2-4-8-16/h2-4,7-8,17H,5-6,9-15H2,1H3,(H2,19,20,23). The van der Waals surface area contributed by atoms with Crippen molar-refractivity contribution in [1.29, 1.82) is 0 Å². The molecule has 0 saturated carbocycles. The van der Waals surface area contributed by atoms with Crippen LogP contribution in [-0.2, 0) is 17.3 Å². The smallest absolute Gasteiger partial charge is 0.166 e. The summed E-state index contributed by atoms with van der Waals surface area (Å²) in [5.74, 6) is 0.780. The van der Waals surface area contributed by atoms with E-state index < -0.39 is 10.8 Å². The van der Waals surface area contributed by atoms with E-state index >= 15 is 0 Å². The Morgan fingerprint density at radius 1 is 1.25 bits per heavy atom. The number of benzene rings is 1. The number of piperidine rings is 1. The van der Waals surface area contributed by atoms with Crippen molar-refractivity contribution in [3.8, 4) is 0 Å². The first-order valence-corrected chi connectivity index (χ1v) is 10.9. The van der Waals surface area contributed by atoms with Crippen molar-refractivity contribution in [2.75, 3.05) is 31.6 Å². The summed E-state index contributed by atoms with van der Waals surface area (Å²) in [6.45, 7) is 4.11. The Morgan fingerprint density at radius 3 is 2.62 bits per heavy atom. The van der Waals surface area contributed by atoms with E-state index in [1.165, 1.54) is 5.56 Å². The summed E-state index contributed by atoms with van der Waals surface area (Å²) in [4.78, 5) is 2.51. The van der Waals surface area contributed by atoms with Crippen LogP contribution in [0.4, 0.5) is 0 Å². The van der Waals surface area contributed by atoms with Gasteiger partial charge >= 0.3 is 0 Å². The highest BCUT2D eigenvalue weighted by molar-refractivity contribution is 7.84. The second-order valence-corrected chi connectivity index (χ2v) is 8.38. The van der Waals surface area contributed by atoms with Crippen LogP contribution < -0.4 is 10.6 Å². The van der Waals surface area contributed by atoms with E-state index in [-0.39, 0.29) is 0 Å². The fraction of sp³-hybridized carbons (Fsp3) is 0.611. The maximum atomic E-state index is 11.0. The molecule has 0 aliphatic carbocycles. The Labute approximate surface area is 153 Å². The van der Waals surface area contributed by atoms with Gasteiger partial charge in [-0.1, -0.05) is 30.3 Å². The topological polar surface area (TPSA) is 44.4 Å². The Kier molecular flexibility index (Phi) is 8.70. The summed E-state index contributed by atoms with van der Waals surface area (Å²) in [6, 6.07) is 11.1. The van der Waals surface area contributed by atoms with Crippen LogP contribution in [0.5, 0.6) is 0 Å². The molecule has 1 heterocycles. The van der Waals surface area contributed by atoms with Gasteiger partial charge in [0.15, 0.2) is 5.11 Å². The molecule has 1 aliphatic rings. The van der Waals surface area contributed by atoms with Gasteiger partial charge in [-0.05, 0) is 43.5 Å². The predicted molar refractivity (Wildman–Crippen MR) is 107 cm³/mol. The molecule has 0 bridgehead atoms. The van der Waals surface area contributed by atoms with Crippen molar-refractivity contribution in [1.82, 2.24) is 15.5 Å². The summed E-state index contributed by atoms with van der Waals surface area (Å²) < 4.78 is 11.0. The maximum Gasteiger partial charge on any atom is 0.166 e. The summed E-state index contributed by atoms with van der Waals surface area (Å²) in [5.41, 5.74) is 1.38. The normalized spacial score (nSPS) is 17.4. The van der Waals surface area contributed by atoms with Gasteiger partial charge in [-0.15, -0.1) is 0 Å². The van der Waals surface area contributed by atoms with Gasteiger partial charge in [-0.3, -0.25) is 9.11 Å². The highest BCUT2D eigenvalue weighted by atomic mass is 32.2. The molecule has 4 nitrogen and oxygen atoms in total. The van der Waals surface area contributed by atoms with Crippen LogP contribution in [0.3, 0.4) is 0 Å². The molecule has 1 aromatic rings. The summed E-state index contributed by atoms with van der Waals surface area (Å²) in [7, 11) is -0.685. The van der Waals surface area contributed by atoms with Gasteiger partial charge < -0.3 is 10.6 Å². The highest BCUT2D eigenvalue weighted by Crippen LogP contribution is 2.13. The minimum absolute atomic E-state index is 0.472. The van der Waals surface area contributed by atoms with Crippen molar-refractivity contribution in [2.45, 2.75) is 38.3 Å². The van der Waals surface area contributed by atoms with Crippen molar-refractivity contribution in [2.24, 2.45) is 0 Å². The van der Waals surface area contributed by atoms with E-state index in [1.54, 1.807) is 6.26 Å². The van der Waals surface area contributed by atoms with Crippen LogP contribution in [-0.4, -0.2) is 51.9 Å². The van der Waals surface area contributed by atoms with E-state index in [0.29, 0.717) is 6.04 Å². The molecule has 1 saturated heterocycles. The summed E-state index contributed by atoms with van der Waals surface area (Å²) >= 11 is 5.37. The van der Waals surface area contributed by atoms with Crippen LogP contribution >= 0.6 is 12.2 Å². The molecule has 2 rings (SSSR count). The zero-order valence-corrected chi connectivity index (χ0v) is 16.1. The first kappa shape index (κ1) is 19.3. The van der Waals surface area contributed by atoms with Crippen LogP contribution in [0.1, 0.15) is 31.2 Å². The monoisotopic (exact) mass is 367 g/mol. The minimum Gasteiger partial charge on any atom is -0.363 e. The Hall–Kier alpha value is -0.980. The van der Waals surface area contributed by atoms with E-state index in [1.807, 2.05) is 0 Å². The predicted octanol–water partition coefficient (Wildman–Crippen LogP) is 2.27. The molecule has 1 aromatic carbocycles. The lowest BCUT2D eigenvalue weighted by molar-refractivity contribution is 0.199. The molecular weight excluding hydrogens is 338 g/mol. The SMILES string of the molecule is CS(=O)CCCCNC(=S)NC1CCN(Cc2ccccc2)CC1. The Balaban J connectivity index is 1.57. The van der Waals surface area contributed by atoms with Gasteiger partial charge in [0.1, 0.15) is 0 Å². The van der Waals surface area contributed by atoms with E-state index in [4.69, 9.17) is 12.2 Å². The molecule has 1 unspecified atom stereocenters. The number of unbranched alkanes of at least 4 members (excludes halogenated alkanes) is 1. The first-order chi connectivity index (χ1) is 11.6. The number of hydrogen-bond acceptors (Lipinski definition) is 3. The van der Waals surface area contributed by atoms with Gasteiger partial charge in [0.25, 0.3) is 0 Å². The second-order valence-electron chi connectivity index (χ2n) is 6.42. The molecule has 24 heavy (non-hydrogen) atoms. The zero-order chi connectivity index (χ0) is 17.2. The Bertz CT molecular complexity index is 516. The molecule has 134 valence electrons. The van der Waals surface area contributed by atoms with E-state index in [9.17, 15) is 4.21 Å². The van der Waals surface area contributed by atoms with Crippen molar-refractivity contribution in [3.63, 3.8) is 0 Å². The minimum atomic E-state index is -0.685. The molecule has 1 fully saturated rings. The lowest BCUT2D eigenvalue weighted by Crippen LogP contribution is -2.47. The lowest BCUT2D eigenvalue weighted by Gasteiger charge is -2.33. The molecule has 0 radical (unpaired) electrons. The third-order valence-electron chi connectivity index (χ3n) is 4.32. The number of nitrogens with zero attached hydrogens (tertiary/aromatic N) is 1. The summed E-state index contributed by atoms with van der Waals surface area (Å²) in [6.07, 6.45) is 6.00. The van der Waals surface area contributed by atoms with E-state index in [2.05, 4.69) is 45.9 Å². The fourth-order valence-corrected chi connectivity index (χ4v) is 3.83. The second kappa shape index (κ2) is 10.8. The lowest BCUT2D eigenvalue weighted by atomic mass is 10.0. The fourth-order valence-electron chi connectivity index (χ4n) is 2.95. The maximum absolute atomic E-state index is 11.0. The van der Waals surface area contributed by atoms with Crippen LogP contribution in [0, 0.1) is 0 Å². The number of thiocarbonyl (C=S) groups is 1. The highest BCUT2D eigenvalue weighted by Gasteiger charge is 2.19. The molecule has 2 N–H and O–H groups in total.